The lowest BCUT2D eigenvalue weighted by atomic mass is 10.1. The van der Waals surface area contributed by atoms with E-state index in [1.165, 1.54) is 0 Å². The first-order chi connectivity index (χ1) is 7.24. The van der Waals surface area contributed by atoms with Crippen molar-refractivity contribution in [2.75, 3.05) is 13.2 Å². The van der Waals surface area contributed by atoms with Gasteiger partial charge in [0.25, 0.3) is 0 Å². The lowest BCUT2D eigenvalue weighted by Gasteiger charge is -2.14. The van der Waals surface area contributed by atoms with Crippen LogP contribution in [0.25, 0.3) is 0 Å². The van der Waals surface area contributed by atoms with Gasteiger partial charge >= 0.3 is 0 Å². The minimum Gasteiger partial charge on any atom is -0.490 e. The zero-order valence-electron chi connectivity index (χ0n) is 9.37. The molecule has 3 nitrogen and oxygen atoms in total. The highest BCUT2D eigenvalue weighted by Crippen LogP contribution is 2.33. The number of aldehydes is 1. The number of carbonyl (C=O) groups excluding carboxylic acids is 1. The van der Waals surface area contributed by atoms with Crippen LogP contribution in [0.1, 0.15) is 29.8 Å². The quantitative estimate of drug-likeness (QED) is 0.698. The molecule has 0 aliphatic rings. The van der Waals surface area contributed by atoms with E-state index < -0.39 is 0 Å². The molecular weight excluding hydrogens is 192 g/mol. The third kappa shape index (κ3) is 2.49. The van der Waals surface area contributed by atoms with Crippen molar-refractivity contribution >= 4 is 6.29 Å². The zero-order valence-corrected chi connectivity index (χ0v) is 9.37. The van der Waals surface area contributed by atoms with Crippen molar-refractivity contribution < 1.29 is 14.3 Å². The van der Waals surface area contributed by atoms with Gasteiger partial charge in [-0.1, -0.05) is 6.07 Å². The van der Waals surface area contributed by atoms with Crippen LogP contribution in [0.2, 0.25) is 0 Å². The SMILES string of the molecule is CCOc1c(C)ccc(C=O)c1OCC. The summed E-state index contributed by atoms with van der Waals surface area (Å²) in [5.74, 6) is 1.22. The van der Waals surface area contributed by atoms with Gasteiger partial charge in [-0.15, -0.1) is 0 Å². The normalized spacial score (nSPS) is 9.80. The standard InChI is InChI=1S/C12H16O3/c1-4-14-11-9(3)6-7-10(8-13)12(11)15-5-2/h6-8H,4-5H2,1-3H3. The van der Waals surface area contributed by atoms with Crippen molar-refractivity contribution in [3.05, 3.63) is 23.3 Å². The maximum Gasteiger partial charge on any atom is 0.171 e. The summed E-state index contributed by atoms with van der Waals surface area (Å²) in [6.07, 6.45) is 0.785. The van der Waals surface area contributed by atoms with Crippen molar-refractivity contribution in [1.82, 2.24) is 0 Å². The molecule has 0 fully saturated rings. The van der Waals surface area contributed by atoms with Crippen LogP contribution in [-0.2, 0) is 0 Å². The number of rotatable bonds is 5. The van der Waals surface area contributed by atoms with E-state index in [1.807, 2.05) is 26.8 Å². The fourth-order valence-corrected chi connectivity index (χ4v) is 1.39. The molecule has 0 spiro atoms. The molecule has 0 heterocycles. The van der Waals surface area contributed by atoms with E-state index in [-0.39, 0.29) is 0 Å². The molecule has 0 unspecified atom stereocenters. The Labute approximate surface area is 90.0 Å². The summed E-state index contributed by atoms with van der Waals surface area (Å²) >= 11 is 0. The maximum absolute atomic E-state index is 10.8. The molecule has 0 atom stereocenters. The molecular formula is C12H16O3. The van der Waals surface area contributed by atoms with Crippen LogP contribution < -0.4 is 9.47 Å². The van der Waals surface area contributed by atoms with Crippen molar-refractivity contribution in [2.24, 2.45) is 0 Å². The summed E-state index contributed by atoms with van der Waals surface area (Å²) in [4.78, 5) is 10.8. The van der Waals surface area contributed by atoms with Crippen LogP contribution in [-0.4, -0.2) is 19.5 Å². The molecule has 82 valence electrons. The molecule has 0 saturated carbocycles. The Balaban J connectivity index is 3.22. The van der Waals surface area contributed by atoms with Crippen LogP contribution in [0.15, 0.2) is 12.1 Å². The predicted octanol–water partition coefficient (Wildman–Crippen LogP) is 2.60. The van der Waals surface area contributed by atoms with Crippen LogP contribution >= 0.6 is 0 Å². The van der Waals surface area contributed by atoms with Gasteiger partial charge in [-0.2, -0.15) is 0 Å². The Kier molecular flexibility index (Phi) is 4.16. The van der Waals surface area contributed by atoms with Gasteiger partial charge in [0, 0.05) is 0 Å². The molecule has 1 aromatic carbocycles. The van der Waals surface area contributed by atoms with Crippen molar-refractivity contribution in [1.29, 1.82) is 0 Å². The summed E-state index contributed by atoms with van der Waals surface area (Å²) in [6, 6.07) is 3.60. The second-order valence-electron chi connectivity index (χ2n) is 3.11. The second-order valence-corrected chi connectivity index (χ2v) is 3.11. The zero-order chi connectivity index (χ0) is 11.3. The van der Waals surface area contributed by atoms with E-state index in [0.29, 0.717) is 30.3 Å². The van der Waals surface area contributed by atoms with Gasteiger partial charge < -0.3 is 9.47 Å². The summed E-state index contributed by atoms with van der Waals surface area (Å²) in [5, 5.41) is 0. The molecule has 0 aliphatic heterocycles. The highest BCUT2D eigenvalue weighted by Gasteiger charge is 2.12. The Hall–Kier alpha value is -1.51. The number of aryl methyl sites for hydroxylation is 1. The van der Waals surface area contributed by atoms with Crippen molar-refractivity contribution in [3.8, 4) is 11.5 Å². The number of hydrogen-bond donors (Lipinski definition) is 0. The van der Waals surface area contributed by atoms with Crippen molar-refractivity contribution in [3.63, 3.8) is 0 Å². The van der Waals surface area contributed by atoms with Gasteiger partial charge in [0.1, 0.15) is 0 Å². The van der Waals surface area contributed by atoms with E-state index in [4.69, 9.17) is 9.47 Å². The molecule has 0 bridgehead atoms. The molecule has 0 aromatic heterocycles. The topological polar surface area (TPSA) is 35.5 Å². The largest absolute Gasteiger partial charge is 0.490 e. The smallest absolute Gasteiger partial charge is 0.171 e. The highest BCUT2D eigenvalue weighted by molar-refractivity contribution is 5.81. The van der Waals surface area contributed by atoms with Crippen LogP contribution in [0.5, 0.6) is 11.5 Å². The van der Waals surface area contributed by atoms with Gasteiger partial charge in [-0.3, -0.25) is 4.79 Å². The predicted molar refractivity (Wildman–Crippen MR) is 58.9 cm³/mol. The van der Waals surface area contributed by atoms with E-state index in [2.05, 4.69) is 0 Å². The summed E-state index contributed by atoms with van der Waals surface area (Å²) in [6.45, 7) is 6.80. The molecule has 1 aromatic rings. The van der Waals surface area contributed by atoms with Crippen LogP contribution in [0.3, 0.4) is 0 Å². The summed E-state index contributed by atoms with van der Waals surface area (Å²) in [5.41, 5.74) is 1.51. The Morgan fingerprint density at radius 2 is 1.73 bits per heavy atom. The molecule has 0 radical (unpaired) electrons. The summed E-state index contributed by atoms with van der Waals surface area (Å²) in [7, 11) is 0. The monoisotopic (exact) mass is 208 g/mol. The third-order valence-corrected chi connectivity index (χ3v) is 2.04. The number of carbonyl (C=O) groups is 1. The average molecular weight is 208 g/mol. The van der Waals surface area contributed by atoms with E-state index >= 15 is 0 Å². The van der Waals surface area contributed by atoms with Gasteiger partial charge in [0.05, 0.1) is 18.8 Å². The number of benzene rings is 1. The van der Waals surface area contributed by atoms with Crippen LogP contribution in [0.4, 0.5) is 0 Å². The fourth-order valence-electron chi connectivity index (χ4n) is 1.39. The van der Waals surface area contributed by atoms with Gasteiger partial charge in [0.2, 0.25) is 0 Å². The number of hydrogen-bond acceptors (Lipinski definition) is 3. The molecule has 0 amide bonds. The maximum atomic E-state index is 10.8. The van der Waals surface area contributed by atoms with E-state index in [0.717, 1.165) is 11.8 Å². The molecule has 15 heavy (non-hydrogen) atoms. The third-order valence-electron chi connectivity index (χ3n) is 2.04. The Morgan fingerprint density at radius 3 is 2.27 bits per heavy atom. The van der Waals surface area contributed by atoms with E-state index in [9.17, 15) is 4.79 Å². The lowest BCUT2D eigenvalue weighted by molar-refractivity contribution is 0.111. The minimum atomic E-state index is 0.518. The molecule has 0 saturated heterocycles. The molecule has 0 N–H and O–H groups in total. The van der Waals surface area contributed by atoms with Gasteiger partial charge in [-0.25, -0.2) is 0 Å². The minimum absolute atomic E-state index is 0.518. The van der Waals surface area contributed by atoms with Gasteiger partial charge in [-0.05, 0) is 32.4 Å². The molecule has 1 rings (SSSR count). The highest BCUT2D eigenvalue weighted by atomic mass is 16.5. The Bertz CT molecular complexity index is 345. The Morgan fingerprint density at radius 1 is 1.13 bits per heavy atom. The van der Waals surface area contributed by atoms with Crippen molar-refractivity contribution in [2.45, 2.75) is 20.8 Å². The molecule has 3 heteroatoms. The van der Waals surface area contributed by atoms with Gasteiger partial charge in [0.15, 0.2) is 17.8 Å². The first kappa shape index (κ1) is 11.6. The van der Waals surface area contributed by atoms with E-state index in [1.54, 1.807) is 6.07 Å². The molecule has 0 aliphatic carbocycles. The summed E-state index contributed by atoms with van der Waals surface area (Å²) < 4.78 is 10.9. The fraction of sp³-hybridized carbons (Fsp3) is 0.417. The number of ether oxygens (including phenoxy) is 2. The average Bonchev–Trinajstić information content (AvgIpc) is 2.24. The first-order valence-electron chi connectivity index (χ1n) is 5.08. The van der Waals surface area contributed by atoms with Crippen LogP contribution in [0, 0.1) is 6.92 Å². The first-order valence-corrected chi connectivity index (χ1v) is 5.08. The second kappa shape index (κ2) is 5.39. The lowest BCUT2D eigenvalue weighted by Crippen LogP contribution is -2.02.